The first-order valence-corrected chi connectivity index (χ1v) is 5.49. The van der Waals surface area contributed by atoms with Crippen LogP contribution in [0.3, 0.4) is 0 Å². The molecule has 0 aliphatic rings. The molecule has 2 heterocycles. The van der Waals surface area contributed by atoms with Crippen LogP contribution >= 0.6 is 0 Å². The van der Waals surface area contributed by atoms with Crippen LogP contribution in [-0.2, 0) is 0 Å². The van der Waals surface area contributed by atoms with Crippen LogP contribution in [0, 0.1) is 12.7 Å². The molecule has 18 heavy (non-hydrogen) atoms. The van der Waals surface area contributed by atoms with E-state index in [0.717, 1.165) is 0 Å². The number of aromatic amines is 1. The number of rotatable bonds is 1. The van der Waals surface area contributed by atoms with Crippen LogP contribution in [0.5, 0.6) is 0 Å². The summed E-state index contributed by atoms with van der Waals surface area (Å²) >= 11 is 0. The van der Waals surface area contributed by atoms with Crippen molar-refractivity contribution >= 4 is 5.65 Å². The van der Waals surface area contributed by atoms with E-state index < -0.39 is 0 Å². The van der Waals surface area contributed by atoms with Crippen molar-refractivity contribution in [2.24, 2.45) is 0 Å². The Morgan fingerprint density at radius 3 is 2.89 bits per heavy atom. The highest BCUT2D eigenvalue weighted by atomic mass is 19.1. The smallest absolute Gasteiger partial charge is 0.272 e. The van der Waals surface area contributed by atoms with Crippen molar-refractivity contribution in [1.82, 2.24) is 14.6 Å². The second-order valence-corrected chi connectivity index (χ2v) is 4.11. The van der Waals surface area contributed by atoms with Crippen molar-refractivity contribution in [3.63, 3.8) is 0 Å². The number of benzene rings is 1. The average molecular weight is 243 g/mol. The monoisotopic (exact) mass is 243 g/mol. The molecule has 2 aromatic heterocycles. The Morgan fingerprint density at radius 1 is 1.28 bits per heavy atom. The molecule has 0 saturated heterocycles. The molecule has 3 aromatic rings. The molecule has 0 amide bonds. The number of aryl methyl sites for hydroxylation is 1. The molecule has 0 saturated carbocycles. The molecule has 0 aliphatic carbocycles. The van der Waals surface area contributed by atoms with E-state index in [1.54, 1.807) is 25.1 Å². The van der Waals surface area contributed by atoms with E-state index in [0.29, 0.717) is 22.6 Å². The molecule has 0 atom stereocenters. The van der Waals surface area contributed by atoms with Crippen molar-refractivity contribution in [3.8, 4) is 11.3 Å². The highest BCUT2D eigenvalue weighted by Crippen LogP contribution is 2.19. The normalized spacial score (nSPS) is 11.0. The highest BCUT2D eigenvalue weighted by Gasteiger charge is 2.06. The Bertz CT molecular complexity index is 788. The molecular weight excluding hydrogens is 233 g/mol. The molecule has 1 aromatic carbocycles. The quantitative estimate of drug-likeness (QED) is 0.711. The van der Waals surface area contributed by atoms with Gasteiger partial charge in [-0.25, -0.2) is 13.9 Å². The topological polar surface area (TPSA) is 50.2 Å². The fourth-order valence-corrected chi connectivity index (χ4v) is 1.91. The standard InChI is InChI=1S/C13H10FN3O/c1-8-5-13(18)17-12(15-8)7-11(16-17)9-3-2-4-10(14)6-9/h2-7,16H,1H3. The third-order valence-corrected chi connectivity index (χ3v) is 2.71. The number of hydrogen-bond donors (Lipinski definition) is 1. The van der Waals surface area contributed by atoms with Gasteiger partial charge in [-0.15, -0.1) is 0 Å². The van der Waals surface area contributed by atoms with E-state index in [1.165, 1.54) is 22.7 Å². The maximum absolute atomic E-state index is 13.2. The minimum atomic E-state index is -0.317. The lowest BCUT2D eigenvalue weighted by Gasteiger charge is -1.96. The Kier molecular flexibility index (Phi) is 2.26. The number of aromatic nitrogens is 3. The summed E-state index contributed by atoms with van der Waals surface area (Å²) in [7, 11) is 0. The van der Waals surface area contributed by atoms with Gasteiger partial charge in [-0.1, -0.05) is 12.1 Å². The van der Waals surface area contributed by atoms with Crippen molar-refractivity contribution in [1.29, 1.82) is 0 Å². The maximum atomic E-state index is 13.2. The third kappa shape index (κ3) is 1.69. The summed E-state index contributed by atoms with van der Waals surface area (Å²) < 4.78 is 14.5. The Labute approximate surface area is 102 Å². The second kappa shape index (κ2) is 3.80. The Morgan fingerprint density at radius 2 is 2.11 bits per heavy atom. The van der Waals surface area contributed by atoms with E-state index in [-0.39, 0.29) is 11.4 Å². The first kappa shape index (κ1) is 10.7. The van der Waals surface area contributed by atoms with Gasteiger partial charge in [0.25, 0.3) is 5.56 Å². The maximum Gasteiger partial charge on any atom is 0.272 e. The number of halogens is 1. The van der Waals surface area contributed by atoms with Gasteiger partial charge in [0.1, 0.15) is 5.82 Å². The van der Waals surface area contributed by atoms with Gasteiger partial charge in [0.2, 0.25) is 0 Å². The lowest BCUT2D eigenvalue weighted by Crippen LogP contribution is -2.14. The van der Waals surface area contributed by atoms with Crippen molar-refractivity contribution in [2.45, 2.75) is 6.92 Å². The summed E-state index contributed by atoms with van der Waals surface area (Å²) in [5, 5.41) is 2.91. The lowest BCUT2D eigenvalue weighted by atomic mass is 10.1. The Hall–Kier alpha value is -2.43. The van der Waals surface area contributed by atoms with Gasteiger partial charge in [0.05, 0.1) is 5.69 Å². The molecule has 0 aliphatic heterocycles. The van der Waals surface area contributed by atoms with Crippen LogP contribution in [0.2, 0.25) is 0 Å². The predicted octanol–water partition coefficient (Wildman–Crippen LogP) is 2.14. The summed E-state index contributed by atoms with van der Waals surface area (Å²) in [5.41, 5.74) is 2.34. The molecule has 3 rings (SSSR count). The van der Waals surface area contributed by atoms with Gasteiger partial charge in [-0.2, -0.15) is 0 Å². The molecular formula is C13H10FN3O. The van der Waals surface area contributed by atoms with Crippen LogP contribution in [-0.4, -0.2) is 14.6 Å². The molecule has 4 nitrogen and oxygen atoms in total. The zero-order valence-electron chi connectivity index (χ0n) is 9.64. The van der Waals surface area contributed by atoms with Crippen molar-refractivity contribution in [3.05, 3.63) is 58.3 Å². The highest BCUT2D eigenvalue weighted by molar-refractivity contribution is 5.63. The molecule has 5 heteroatoms. The van der Waals surface area contributed by atoms with E-state index in [4.69, 9.17) is 0 Å². The molecule has 0 unspecified atom stereocenters. The minimum absolute atomic E-state index is 0.180. The van der Waals surface area contributed by atoms with Crippen LogP contribution in [0.1, 0.15) is 5.69 Å². The van der Waals surface area contributed by atoms with E-state index >= 15 is 0 Å². The van der Waals surface area contributed by atoms with E-state index in [2.05, 4.69) is 10.1 Å². The molecule has 1 N–H and O–H groups in total. The SMILES string of the molecule is Cc1cc(=O)n2[nH]c(-c3cccc(F)c3)cc2n1. The number of H-pyrrole nitrogens is 1. The van der Waals surface area contributed by atoms with Gasteiger partial charge in [-0.3, -0.25) is 9.89 Å². The van der Waals surface area contributed by atoms with Crippen LogP contribution in [0.25, 0.3) is 16.9 Å². The van der Waals surface area contributed by atoms with Gasteiger partial charge in [0.15, 0.2) is 5.65 Å². The first-order valence-electron chi connectivity index (χ1n) is 5.49. The number of nitrogens with zero attached hydrogens (tertiary/aromatic N) is 2. The van der Waals surface area contributed by atoms with Crippen molar-refractivity contribution < 1.29 is 4.39 Å². The summed E-state index contributed by atoms with van der Waals surface area (Å²) in [6.45, 7) is 1.76. The van der Waals surface area contributed by atoms with Gasteiger partial charge < -0.3 is 0 Å². The first-order chi connectivity index (χ1) is 8.63. The lowest BCUT2D eigenvalue weighted by molar-refractivity contribution is 0.628. The summed E-state index contributed by atoms with van der Waals surface area (Å²) in [6, 6.07) is 9.34. The summed E-state index contributed by atoms with van der Waals surface area (Å²) in [4.78, 5) is 16.0. The largest absolute Gasteiger partial charge is 0.289 e. The number of hydrogen-bond acceptors (Lipinski definition) is 2. The van der Waals surface area contributed by atoms with Crippen LogP contribution < -0.4 is 5.56 Å². The zero-order valence-corrected chi connectivity index (χ0v) is 9.64. The fourth-order valence-electron chi connectivity index (χ4n) is 1.91. The Balaban J connectivity index is 2.26. The zero-order chi connectivity index (χ0) is 12.7. The minimum Gasteiger partial charge on any atom is -0.289 e. The summed E-state index contributed by atoms with van der Waals surface area (Å²) in [5.74, 6) is -0.317. The van der Waals surface area contributed by atoms with Gasteiger partial charge >= 0.3 is 0 Å². The van der Waals surface area contributed by atoms with Crippen LogP contribution in [0.4, 0.5) is 4.39 Å². The fraction of sp³-hybridized carbons (Fsp3) is 0.0769. The average Bonchev–Trinajstić information content (AvgIpc) is 2.73. The van der Waals surface area contributed by atoms with Gasteiger partial charge in [-0.05, 0) is 19.1 Å². The molecule has 90 valence electrons. The number of fused-ring (bicyclic) bond motifs is 1. The predicted molar refractivity (Wildman–Crippen MR) is 65.9 cm³/mol. The molecule has 0 fully saturated rings. The molecule has 0 radical (unpaired) electrons. The van der Waals surface area contributed by atoms with E-state index in [9.17, 15) is 9.18 Å². The summed E-state index contributed by atoms with van der Waals surface area (Å²) in [6.07, 6.45) is 0. The van der Waals surface area contributed by atoms with Crippen LogP contribution in [0.15, 0.2) is 41.2 Å². The third-order valence-electron chi connectivity index (χ3n) is 2.71. The van der Waals surface area contributed by atoms with E-state index in [1.807, 2.05) is 0 Å². The second-order valence-electron chi connectivity index (χ2n) is 4.11. The number of nitrogens with one attached hydrogen (secondary N) is 1. The van der Waals surface area contributed by atoms with Gasteiger partial charge in [0, 0.05) is 23.4 Å². The molecule has 0 spiro atoms. The van der Waals surface area contributed by atoms with Crippen molar-refractivity contribution in [2.75, 3.05) is 0 Å². The molecule has 0 bridgehead atoms.